The summed E-state index contributed by atoms with van der Waals surface area (Å²) >= 11 is 0. The molecule has 0 atom stereocenters. The molecule has 0 unspecified atom stereocenters. The third kappa shape index (κ3) is 4.12. The summed E-state index contributed by atoms with van der Waals surface area (Å²) in [6, 6.07) is 1.99. The van der Waals surface area contributed by atoms with E-state index < -0.39 is 0 Å². The minimum absolute atomic E-state index is 0.239. The minimum Gasteiger partial charge on any atom is -0.370 e. The molecule has 1 fully saturated rings. The molecule has 0 bridgehead atoms. The van der Waals surface area contributed by atoms with Crippen molar-refractivity contribution in [1.29, 1.82) is 0 Å². The second-order valence-corrected chi connectivity index (χ2v) is 5.27. The zero-order chi connectivity index (χ0) is 15.9. The van der Waals surface area contributed by atoms with Crippen LogP contribution in [0.2, 0.25) is 0 Å². The first-order valence-corrected chi connectivity index (χ1v) is 7.69. The fourth-order valence-electron chi connectivity index (χ4n) is 2.46. The molecular formula is C15H19N7O. The van der Waals surface area contributed by atoms with Crippen molar-refractivity contribution in [3.63, 3.8) is 0 Å². The maximum Gasteiger partial charge on any atom is 0.271 e. The van der Waals surface area contributed by atoms with Gasteiger partial charge in [-0.2, -0.15) is 5.10 Å². The summed E-state index contributed by atoms with van der Waals surface area (Å²) < 4.78 is 0. The Morgan fingerprint density at radius 2 is 2.04 bits per heavy atom. The Labute approximate surface area is 134 Å². The number of aromatic nitrogens is 4. The van der Waals surface area contributed by atoms with Crippen LogP contribution in [-0.4, -0.2) is 52.3 Å². The van der Waals surface area contributed by atoms with Gasteiger partial charge in [0.2, 0.25) is 0 Å². The van der Waals surface area contributed by atoms with Crippen LogP contribution in [0.15, 0.2) is 30.9 Å². The molecule has 2 aromatic rings. The van der Waals surface area contributed by atoms with E-state index in [0.717, 1.165) is 18.8 Å². The second-order valence-electron chi connectivity index (χ2n) is 5.27. The van der Waals surface area contributed by atoms with Gasteiger partial charge >= 0.3 is 0 Å². The highest BCUT2D eigenvalue weighted by Gasteiger charge is 2.13. The van der Waals surface area contributed by atoms with Gasteiger partial charge in [-0.25, -0.2) is 4.98 Å². The van der Waals surface area contributed by atoms with E-state index in [1.165, 1.54) is 31.4 Å². The van der Waals surface area contributed by atoms with Crippen molar-refractivity contribution in [2.75, 3.05) is 36.4 Å². The predicted molar refractivity (Wildman–Crippen MR) is 86.3 cm³/mol. The minimum atomic E-state index is -0.239. The maximum absolute atomic E-state index is 11.8. The normalized spacial score (nSPS) is 13.8. The highest BCUT2D eigenvalue weighted by molar-refractivity contribution is 5.91. The van der Waals surface area contributed by atoms with Gasteiger partial charge in [-0.05, 0) is 12.8 Å². The number of rotatable bonds is 6. The quantitative estimate of drug-likeness (QED) is 0.758. The Hall–Kier alpha value is -2.77. The molecule has 8 heteroatoms. The van der Waals surface area contributed by atoms with Crippen molar-refractivity contribution in [1.82, 2.24) is 25.5 Å². The van der Waals surface area contributed by atoms with Gasteiger partial charge in [0.15, 0.2) is 5.82 Å². The summed E-state index contributed by atoms with van der Waals surface area (Å²) in [5, 5.41) is 14.0. The van der Waals surface area contributed by atoms with Crippen molar-refractivity contribution < 1.29 is 4.79 Å². The van der Waals surface area contributed by atoms with Crippen LogP contribution in [-0.2, 0) is 0 Å². The van der Waals surface area contributed by atoms with E-state index in [2.05, 4.69) is 35.7 Å². The monoisotopic (exact) mass is 313 g/mol. The molecule has 1 saturated heterocycles. The van der Waals surface area contributed by atoms with Gasteiger partial charge in [0.05, 0.1) is 18.1 Å². The summed E-state index contributed by atoms with van der Waals surface area (Å²) in [4.78, 5) is 21.9. The Kier molecular flexibility index (Phi) is 4.92. The topological polar surface area (TPSA) is 95.9 Å². The molecule has 1 aliphatic rings. The number of hydrogen-bond acceptors (Lipinski definition) is 7. The van der Waals surface area contributed by atoms with Crippen LogP contribution < -0.4 is 15.5 Å². The number of carbonyl (C=O) groups is 1. The van der Waals surface area contributed by atoms with Crippen molar-refractivity contribution in [3.05, 3.63) is 36.5 Å². The predicted octanol–water partition coefficient (Wildman–Crippen LogP) is 0.709. The Morgan fingerprint density at radius 3 is 2.83 bits per heavy atom. The van der Waals surface area contributed by atoms with Gasteiger partial charge in [-0.1, -0.05) is 0 Å². The van der Waals surface area contributed by atoms with E-state index in [-0.39, 0.29) is 5.91 Å². The molecule has 0 aliphatic carbocycles. The lowest BCUT2D eigenvalue weighted by molar-refractivity contribution is 0.0950. The molecule has 0 radical (unpaired) electrons. The summed E-state index contributed by atoms with van der Waals surface area (Å²) in [7, 11) is 0. The van der Waals surface area contributed by atoms with Gasteiger partial charge in [-0.15, -0.1) is 5.10 Å². The fraction of sp³-hybridized carbons (Fsp3) is 0.400. The molecular weight excluding hydrogens is 294 g/mol. The average molecular weight is 313 g/mol. The number of carbonyl (C=O) groups excluding carboxylic acids is 1. The van der Waals surface area contributed by atoms with E-state index >= 15 is 0 Å². The molecule has 0 aromatic carbocycles. The molecule has 1 aliphatic heterocycles. The van der Waals surface area contributed by atoms with E-state index in [4.69, 9.17) is 0 Å². The molecule has 0 saturated carbocycles. The van der Waals surface area contributed by atoms with Gasteiger partial charge in [-0.3, -0.25) is 9.78 Å². The third-order valence-corrected chi connectivity index (χ3v) is 3.62. The standard InChI is InChI=1S/C15H19N7O/c23-15(13-11-16-3-4-17-13)19-6-5-18-14-9-12(10-20-21-14)22-7-1-2-8-22/h3-4,9-11H,1-2,5-8H2,(H,18,21)(H,19,23). The van der Waals surface area contributed by atoms with Crippen LogP contribution >= 0.6 is 0 Å². The largest absolute Gasteiger partial charge is 0.370 e. The number of nitrogens with zero attached hydrogens (tertiary/aromatic N) is 5. The Balaban J connectivity index is 1.45. The lowest BCUT2D eigenvalue weighted by Gasteiger charge is -2.17. The number of nitrogens with one attached hydrogen (secondary N) is 2. The summed E-state index contributed by atoms with van der Waals surface area (Å²) in [5.74, 6) is 0.472. The van der Waals surface area contributed by atoms with Gasteiger partial charge < -0.3 is 15.5 Å². The average Bonchev–Trinajstić information content (AvgIpc) is 3.14. The summed E-state index contributed by atoms with van der Waals surface area (Å²) in [6.45, 7) is 3.16. The van der Waals surface area contributed by atoms with Gasteiger partial charge in [0.1, 0.15) is 5.69 Å². The SMILES string of the molecule is O=C(NCCNc1cc(N2CCCC2)cnn1)c1cnccn1. The number of amides is 1. The number of anilines is 2. The van der Waals surface area contributed by atoms with Crippen molar-refractivity contribution >= 4 is 17.4 Å². The highest BCUT2D eigenvalue weighted by atomic mass is 16.1. The molecule has 2 N–H and O–H groups in total. The fourth-order valence-corrected chi connectivity index (χ4v) is 2.46. The van der Waals surface area contributed by atoms with Crippen LogP contribution in [0.25, 0.3) is 0 Å². The Morgan fingerprint density at radius 1 is 1.17 bits per heavy atom. The number of hydrogen-bond donors (Lipinski definition) is 2. The van der Waals surface area contributed by atoms with Crippen LogP contribution in [0.1, 0.15) is 23.3 Å². The maximum atomic E-state index is 11.8. The first kappa shape index (κ1) is 15.1. The summed E-state index contributed by atoms with van der Waals surface area (Å²) in [5.41, 5.74) is 1.40. The van der Waals surface area contributed by atoms with E-state index in [1.807, 2.05) is 6.07 Å². The zero-order valence-corrected chi connectivity index (χ0v) is 12.8. The van der Waals surface area contributed by atoms with E-state index in [9.17, 15) is 4.79 Å². The molecule has 8 nitrogen and oxygen atoms in total. The van der Waals surface area contributed by atoms with Crippen LogP contribution in [0.5, 0.6) is 0 Å². The first-order chi connectivity index (χ1) is 11.3. The van der Waals surface area contributed by atoms with E-state index in [0.29, 0.717) is 24.6 Å². The van der Waals surface area contributed by atoms with Crippen molar-refractivity contribution in [2.45, 2.75) is 12.8 Å². The zero-order valence-electron chi connectivity index (χ0n) is 12.8. The van der Waals surface area contributed by atoms with Crippen molar-refractivity contribution in [2.24, 2.45) is 0 Å². The van der Waals surface area contributed by atoms with Crippen molar-refractivity contribution in [3.8, 4) is 0 Å². The third-order valence-electron chi connectivity index (χ3n) is 3.62. The summed E-state index contributed by atoms with van der Waals surface area (Å²) in [6.07, 6.45) is 8.69. The molecule has 3 heterocycles. The van der Waals surface area contributed by atoms with Crippen LogP contribution in [0, 0.1) is 0 Å². The highest BCUT2D eigenvalue weighted by Crippen LogP contribution is 2.20. The lowest BCUT2D eigenvalue weighted by Crippen LogP contribution is -2.29. The Bertz CT molecular complexity index is 643. The second kappa shape index (κ2) is 7.48. The smallest absolute Gasteiger partial charge is 0.271 e. The molecule has 0 spiro atoms. The molecule has 2 aromatic heterocycles. The lowest BCUT2D eigenvalue weighted by atomic mass is 10.4. The first-order valence-electron chi connectivity index (χ1n) is 7.69. The van der Waals surface area contributed by atoms with Crippen LogP contribution in [0.4, 0.5) is 11.5 Å². The van der Waals surface area contributed by atoms with Crippen LogP contribution in [0.3, 0.4) is 0 Å². The van der Waals surface area contributed by atoms with Gasteiger partial charge in [0.25, 0.3) is 5.91 Å². The molecule has 23 heavy (non-hydrogen) atoms. The molecule has 1 amide bonds. The van der Waals surface area contributed by atoms with Gasteiger partial charge in [0, 0.05) is 44.6 Å². The molecule has 120 valence electrons. The molecule has 3 rings (SSSR count). The van der Waals surface area contributed by atoms with E-state index in [1.54, 1.807) is 6.20 Å².